The van der Waals surface area contributed by atoms with Crippen LogP contribution in [-0.2, 0) is 4.79 Å². The van der Waals surface area contributed by atoms with E-state index in [9.17, 15) is 20.0 Å². The normalized spacial score (nSPS) is 10.6. The first kappa shape index (κ1) is 13.6. The van der Waals surface area contributed by atoms with Crippen molar-refractivity contribution in [3.05, 3.63) is 33.9 Å². The fraction of sp³-hybridized carbons (Fsp3) is 0.300. The van der Waals surface area contributed by atoms with Gasteiger partial charge < -0.3 is 9.90 Å². The molecule has 96 valence electrons. The van der Waals surface area contributed by atoms with Crippen molar-refractivity contribution < 1.29 is 14.8 Å². The number of benzene rings is 1. The van der Waals surface area contributed by atoms with Crippen LogP contribution in [-0.4, -0.2) is 29.5 Å². The van der Waals surface area contributed by atoms with E-state index in [0.29, 0.717) is 11.3 Å². The number of non-ortho nitro benzene ring substituents is 1. The van der Waals surface area contributed by atoms with E-state index in [2.05, 4.69) is 10.3 Å². The van der Waals surface area contributed by atoms with Crippen LogP contribution in [0.5, 0.6) is 0 Å². The van der Waals surface area contributed by atoms with Crippen LogP contribution in [0.2, 0.25) is 0 Å². The van der Waals surface area contributed by atoms with Crippen LogP contribution < -0.4 is 5.11 Å². The van der Waals surface area contributed by atoms with Crippen molar-refractivity contribution in [1.82, 2.24) is 5.01 Å². The number of carbonyl (C=O) groups is 1. The Morgan fingerprint density at radius 2 is 2.17 bits per heavy atom. The van der Waals surface area contributed by atoms with E-state index in [1.807, 2.05) is 0 Å². The van der Waals surface area contributed by atoms with Gasteiger partial charge in [-0.05, 0) is 12.5 Å². The molecule has 0 unspecified atom stereocenters. The standard InChI is InChI=1S/C10H12N4O4/c1-7-3-4-8(14(17)18)5-9(7)11-12-13(2)6-10(15)16/h3-5H,6H2,1-2H3,(H,15,16)/p-1. The number of aliphatic carboxylic acids is 1. The largest absolute Gasteiger partial charge is 0.548 e. The van der Waals surface area contributed by atoms with Crippen LogP contribution in [0.4, 0.5) is 11.4 Å². The molecule has 0 fully saturated rings. The summed E-state index contributed by atoms with van der Waals surface area (Å²) in [6.45, 7) is 1.31. The first-order valence-electron chi connectivity index (χ1n) is 4.98. The highest BCUT2D eigenvalue weighted by Crippen LogP contribution is 2.24. The van der Waals surface area contributed by atoms with Gasteiger partial charge in [-0.15, -0.1) is 5.11 Å². The minimum Gasteiger partial charge on any atom is -0.548 e. The molecule has 0 N–H and O–H groups in total. The lowest BCUT2D eigenvalue weighted by Crippen LogP contribution is -2.33. The van der Waals surface area contributed by atoms with E-state index in [1.165, 1.54) is 19.2 Å². The molecule has 18 heavy (non-hydrogen) atoms. The van der Waals surface area contributed by atoms with Crippen LogP contribution in [0.1, 0.15) is 5.56 Å². The highest BCUT2D eigenvalue weighted by molar-refractivity contribution is 5.66. The van der Waals surface area contributed by atoms with Gasteiger partial charge in [0.25, 0.3) is 5.69 Å². The molecule has 0 atom stereocenters. The highest BCUT2D eigenvalue weighted by atomic mass is 16.6. The molecule has 0 bridgehead atoms. The number of nitro groups is 1. The second-order valence-electron chi connectivity index (χ2n) is 3.61. The molecule has 1 aromatic carbocycles. The SMILES string of the molecule is Cc1ccc([N+](=O)[O-])cc1N=NN(C)CC(=O)[O-]. The molecular weight excluding hydrogens is 240 g/mol. The van der Waals surface area contributed by atoms with Gasteiger partial charge in [-0.1, -0.05) is 11.3 Å². The average molecular weight is 251 g/mol. The fourth-order valence-corrected chi connectivity index (χ4v) is 1.16. The summed E-state index contributed by atoms with van der Waals surface area (Å²) in [7, 11) is 1.41. The Morgan fingerprint density at radius 1 is 1.50 bits per heavy atom. The van der Waals surface area contributed by atoms with Gasteiger partial charge in [-0.2, -0.15) is 0 Å². The van der Waals surface area contributed by atoms with Crippen LogP contribution >= 0.6 is 0 Å². The lowest BCUT2D eigenvalue weighted by atomic mass is 10.2. The Kier molecular flexibility index (Phi) is 4.30. The zero-order valence-corrected chi connectivity index (χ0v) is 9.86. The number of carboxylic acid groups (broad SMARTS) is 1. The average Bonchev–Trinajstić information content (AvgIpc) is 2.26. The van der Waals surface area contributed by atoms with Gasteiger partial charge in [-0.3, -0.25) is 15.1 Å². The second-order valence-corrected chi connectivity index (χ2v) is 3.61. The molecule has 0 radical (unpaired) electrons. The van der Waals surface area contributed by atoms with Crippen molar-refractivity contribution in [3.8, 4) is 0 Å². The number of hydrogen-bond acceptors (Lipinski definition) is 6. The van der Waals surface area contributed by atoms with Crippen LogP contribution in [0, 0.1) is 17.0 Å². The van der Waals surface area contributed by atoms with Gasteiger partial charge in [0.05, 0.1) is 23.1 Å². The van der Waals surface area contributed by atoms with Crippen molar-refractivity contribution in [2.45, 2.75) is 6.92 Å². The highest BCUT2D eigenvalue weighted by Gasteiger charge is 2.08. The summed E-state index contributed by atoms with van der Waals surface area (Å²) in [5.74, 6) is -1.28. The lowest BCUT2D eigenvalue weighted by Gasteiger charge is -2.11. The Morgan fingerprint density at radius 3 is 2.72 bits per heavy atom. The van der Waals surface area contributed by atoms with E-state index in [-0.39, 0.29) is 5.69 Å². The third-order valence-corrected chi connectivity index (χ3v) is 2.07. The Hall–Kier alpha value is -2.51. The van der Waals surface area contributed by atoms with Gasteiger partial charge in [0, 0.05) is 19.2 Å². The zero-order chi connectivity index (χ0) is 13.7. The summed E-state index contributed by atoms with van der Waals surface area (Å²) in [5.41, 5.74) is 0.915. The Labute approximate surface area is 103 Å². The molecular formula is C10H11N4O4-. The predicted octanol–water partition coefficient (Wildman–Crippen LogP) is 0.584. The second kappa shape index (κ2) is 5.71. The van der Waals surface area contributed by atoms with E-state index < -0.39 is 17.4 Å². The fourth-order valence-electron chi connectivity index (χ4n) is 1.16. The maximum absolute atomic E-state index is 10.6. The quantitative estimate of drug-likeness (QED) is 0.431. The molecule has 0 heterocycles. The van der Waals surface area contributed by atoms with Gasteiger partial charge in [0.1, 0.15) is 0 Å². The van der Waals surface area contributed by atoms with Crippen molar-refractivity contribution in [2.75, 3.05) is 13.6 Å². The summed E-state index contributed by atoms with van der Waals surface area (Å²) in [5, 5.41) is 29.3. The Balaban J connectivity index is 2.89. The molecule has 0 aliphatic rings. The maximum Gasteiger partial charge on any atom is 0.271 e. The third kappa shape index (κ3) is 3.81. The number of likely N-dealkylation sites (N-methyl/N-ethyl adjacent to an activating group) is 1. The van der Waals surface area contributed by atoms with Crippen molar-refractivity contribution in [3.63, 3.8) is 0 Å². The van der Waals surface area contributed by atoms with Crippen molar-refractivity contribution in [1.29, 1.82) is 0 Å². The number of carboxylic acids is 1. The Bertz CT molecular complexity index is 501. The monoisotopic (exact) mass is 251 g/mol. The molecule has 0 spiro atoms. The summed E-state index contributed by atoms with van der Waals surface area (Å²) in [4.78, 5) is 20.3. The molecule has 0 aromatic heterocycles. The smallest absolute Gasteiger partial charge is 0.271 e. The minimum atomic E-state index is -1.28. The number of hydrogen-bond donors (Lipinski definition) is 0. The molecule has 8 heteroatoms. The van der Waals surface area contributed by atoms with Gasteiger partial charge in [-0.25, -0.2) is 0 Å². The number of nitrogens with zero attached hydrogens (tertiary/aromatic N) is 4. The van der Waals surface area contributed by atoms with E-state index >= 15 is 0 Å². The van der Waals surface area contributed by atoms with Crippen LogP contribution in [0.3, 0.4) is 0 Å². The summed E-state index contributed by atoms with van der Waals surface area (Å²) >= 11 is 0. The third-order valence-electron chi connectivity index (χ3n) is 2.07. The molecule has 0 aliphatic heterocycles. The number of carbonyl (C=O) groups excluding carboxylic acids is 1. The van der Waals surface area contributed by atoms with Crippen LogP contribution in [0.25, 0.3) is 0 Å². The molecule has 1 aromatic rings. The predicted molar refractivity (Wildman–Crippen MR) is 60.0 cm³/mol. The number of rotatable bonds is 5. The van der Waals surface area contributed by atoms with Gasteiger partial charge in [0.15, 0.2) is 0 Å². The molecule has 8 nitrogen and oxygen atoms in total. The van der Waals surface area contributed by atoms with E-state index in [0.717, 1.165) is 5.01 Å². The van der Waals surface area contributed by atoms with Gasteiger partial charge in [0.2, 0.25) is 0 Å². The lowest BCUT2D eigenvalue weighted by molar-refractivity contribution is -0.384. The molecule has 1 rings (SSSR count). The number of aryl methyl sites for hydroxylation is 1. The summed E-state index contributed by atoms with van der Waals surface area (Å²) < 4.78 is 0. The molecule has 0 saturated heterocycles. The first-order chi connectivity index (χ1) is 8.40. The molecule has 0 saturated carbocycles. The number of nitro benzene ring substituents is 1. The van der Waals surface area contributed by atoms with Crippen molar-refractivity contribution >= 4 is 17.3 Å². The summed E-state index contributed by atoms with van der Waals surface area (Å²) in [6.07, 6.45) is 0. The van der Waals surface area contributed by atoms with E-state index in [1.54, 1.807) is 13.0 Å². The maximum atomic E-state index is 10.6. The van der Waals surface area contributed by atoms with Crippen LogP contribution in [0.15, 0.2) is 28.5 Å². The molecule has 0 aliphatic carbocycles. The van der Waals surface area contributed by atoms with Crippen molar-refractivity contribution in [2.24, 2.45) is 10.3 Å². The zero-order valence-electron chi connectivity index (χ0n) is 9.86. The van der Waals surface area contributed by atoms with Gasteiger partial charge >= 0.3 is 0 Å². The van der Waals surface area contributed by atoms with E-state index in [4.69, 9.17) is 0 Å². The first-order valence-corrected chi connectivity index (χ1v) is 4.98. The summed E-state index contributed by atoms with van der Waals surface area (Å²) in [6, 6.07) is 4.18. The topological polar surface area (TPSA) is 111 Å². The minimum absolute atomic E-state index is 0.0999. The molecule has 0 amide bonds.